The van der Waals surface area contributed by atoms with Gasteiger partial charge in [0.25, 0.3) is 0 Å². The van der Waals surface area contributed by atoms with Gasteiger partial charge in [0.05, 0.1) is 18.0 Å². The fourth-order valence-corrected chi connectivity index (χ4v) is 0.474. The predicted octanol–water partition coefficient (Wildman–Crippen LogP) is 0.803. The molecule has 0 fully saturated rings. The normalized spacial score (nSPS) is 9.55. The predicted molar refractivity (Wildman–Crippen MR) is 49.0 cm³/mol. The third-order valence-corrected chi connectivity index (χ3v) is 0.894. The fourth-order valence-electron chi connectivity index (χ4n) is 0.474. The molecule has 0 aliphatic heterocycles. The molecule has 0 heterocycles. The highest BCUT2D eigenvalue weighted by molar-refractivity contribution is 4.91. The lowest BCUT2D eigenvalue weighted by Gasteiger charge is -2.24. The van der Waals surface area contributed by atoms with Crippen molar-refractivity contribution >= 4 is 0 Å². The minimum Gasteiger partial charge on any atom is -0.394 e. The number of nitrogens with two attached hydrogens (primary N) is 1. The number of rotatable bonds is 3. The number of hydrogen-bond donors (Lipinski definition) is 3. The van der Waals surface area contributed by atoms with Crippen molar-refractivity contribution < 1.29 is 5.11 Å². The summed E-state index contributed by atoms with van der Waals surface area (Å²) in [6, 6.07) is 0. The summed E-state index contributed by atoms with van der Waals surface area (Å²) in [4.78, 5) is 0. The van der Waals surface area contributed by atoms with E-state index >= 15 is 0 Å². The van der Waals surface area contributed by atoms with Crippen LogP contribution in [0, 0.1) is 0 Å². The molecule has 0 aliphatic carbocycles. The largest absolute Gasteiger partial charge is 0.394 e. The summed E-state index contributed by atoms with van der Waals surface area (Å²) in [5, 5.41) is 11.5. The van der Waals surface area contributed by atoms with Crippen molar-refractivity contribution in [3.8, 4) is 0 Å². The Labute approximate surface area is 69.3 Å². The molecule has 0 saturated heterocycles. The maximum atomic E-state index is 8.68. The SMILES string of the molecule is C=C(N)NC(C)(C)CO.CC. The first kappa shape index (κ1) is 12.9. The van der Waals surface area contributed by atoms with E-state index in [9.17, 15) is 0 Å². The molecular weight excluding hydrogens is 140 g/mol. The van der Waals surface area contributed by atoms with Gasteiger partial charge >= 0.3 is 0 Å². The average molecular weight is 160 g/mol. The van der Waals surface area contributed by atoms with Crippen LogP contribution in [-0.2, 0) is 0 Å². The highest BCUT2D eigenvalue weighted by Gasteiger charge is 2.14. The fraction of sp³-hybridized carbons (Fsp3) is 0.750. The lowest BCUT2D eigenvalue weighted by molar-refractivity contribution is 0.198. The van der Waals surface area contributed by atoms with Gasteiger partial charge in [-0.25, -0.2) is 0 Å². The molecule has 0 aromatic carbocycles. The van der Waals surface area contributed by atoms with Crippen molar-refractivity contribution in [1.82, 2.24) is 5.32 Å². The zero-order valence-electron chi connectivity index (χ0n) is 7.94. The first-order chi connectivity index (χ1) is 4.98. The van der Waals surface area contributed by atoms with Gasteiger partial charge in [-0.05, 0) is 13.8 Å². The van der Waals surface area contributed by atoms with E-state index in [2.05, 4.69) is 11.9 Å². The summed E-state index contributed by atoms with van der Waals surface area (Å²) in [6.45, 7) is 11.2. The topological polar surface area (TPSA) is 58.3 Å². The van der Waals surface area contributed by atoms with Crippen LogP contribution in [0.5, 0.6) is 0 Å². The van der Waals surface area contributed by atoms with Gasteiger partial charge < -0.3 is 16.2 Å². The van der Waals surface area contributed by atoms with Gasteiger partial charge in [0.2, 0.25) is 0 Å². The molecule has 0 saturated carbocycles. The third-order valence-electron chi connectivity index (χ3n) is 0.894. The lowest BCUT2D eigenvalue weighted by Crippen LogP contribution is -2.43. The molecule has 0 rings (SSSR count). The Kier molecular flexibility index (Phi) is 7.10. The zero-order valence-corrected chi connectivity index (χ0v) is 7.94. The number of hydrogen-bond acceptors (Lipinski definition) is 3. The van der Waals surface area contributed by atoms with Crippen LogP contribution in [0.25, 0.3) is 0 Å². The number of aliphatic hydroxyl groups excluding tert-OH is 1. The van der Waals surface area contributed by atoms with Crippen LogP contribution in [-0.4, -0.2) is 17.3 Å². The quantitative estimate of drug-likeness (QED) is 0.572. The Hall–Kier alpha value is -0.700. The summed E-state index contributed by atoms with van der Waals surface area (Å²) in [5.41, 5.74) is 4.88. The van der Waals surface area contributed by atoms with Crippen LogP contribution >= 0.6 is 0 Å². The van der Waals surface area contributed by atoms with E-state index in [4.69, 9.17) is 10.8 Å². The summed E-state index contributed by atoms with van der Waals surface area (Å²) < 4.78 is 0. The molecule has 11 heavy (non-hydrogen) atoms. The summed E-state index contributed by atoms with van der Waals surface area (Å²) >= 11 is 0. The molecule has 0 radical (unpaired) electrons. The van der Waals surface area contributed by atoms with Gasteiger partial charge in [-0.2, -0.15) is 0 Å². The molecule has 4 N–H and O–H groups in total. The second-order valence-electron chi connectivity index (χ2n) is 2.69. The van der Waals surface area contributed by atoms with Crippen molar-refractivity contribution in [1.29, 1.82) is 0 Å². The molecule has 3 nitrogen and oxygen atoms in total. The molecule has 0 unspecified atom stereocenters. The highest BCUT2D eigenvalue weighted by Crippen LogP contribution is 1.99. The smallest absolute Gasteiger partial charge is 0.0890 e. The molecule has 0 aromatic rings. The van der Waals surface area contributed by atoms with Crippen LogP contribution in [0.15, 0.2) is 12.4 Å². The van der Waals surface area contributed by atoms with E-state index in [0.29, 0.717) is 5.82 Å². The van der Waals surface area contributed by atoms with Gasteiger partial charge in [-0.15, -0.1) is 0 Å². The molecule has 0 atom stereocenters. The molecule has 0 aromatic heterocycles. The van der Waals surface area contributed by atoms with Crippen LogP contribution in [0.1, 0.15) is 27.7 Å². The van der Waals surface area contributed by atoms with Crippen molar-refractivity contribution in [2.75, 3.05) is 6.61 Å². The van der Waals surface area contributed by atoms with Crippen molar-refractivity contribution in [2.45, 2.75) is 33.2 Å². The summed E-state index contributed by atoms with van der Waals surface area (Å²) in [7, 11) is 0. The Balaban J connectivity index is 0. The third kappa shape index (κ3) is 9.30. The molecule has 0 spiro atoms. The van der Waals surface area contributed by atoms with Gasteiger partial charge in [0, 0.05) is 0 Å². The molecule has 3 heteroatoms. The minimum absolute atomic E-state index is 0.0449. The average Bonchev–Trinajstić information content (AvgIpc) is 1.90. The molecule has 0 bridgehead atoms. The van der Waals surface area contributed by atoms with Crippen molar-refractivity contribution in [2.24, 2.45) is 5.73 Å². The van der Waals surface area contributed by atoms with E-state index in [-0.39, 0.29) is 12.1 Å². The summed E-state index contributed by atoms with van der Waals surface area (Å²) in [6.07, 6.45) is 0. The molecule has 0 amide bonds. The first-order valence-corrected chi connectivity index (χ1v) is 3.81. The van der Waals surface area contributed by atoms with Gasteiger partial charge in [0.1, 0.15) is 0 Å². The van der Waals surface area contributed by atoms with Gasteiger partial charge in [0.15, 0.2) is 0 Å². The van der Waals surface area contributed by atoms with E-state index in [0.717, 1.165) is 0 Å². The summed E-state index contributed by atoms with van der Waals surface area (Å²) in [5.74, 6) is 0.383. The van der Waals surface area contributed by atoms with Crippen molar-refractivity contribution in [3.05, 3.63) is 12.4 Å². The Morgan fingerprint density at radius 3 is 2.00 bits per heavy atom. The van der Waals surface area contributed by atoms with E-state index < -0.39 is 0 Å². The Bertz CT molecular complexity index is 111. The second kappa shape index (κ2) is 6.04. The van der Waals surface area contributed by atoms with Crippen LogP contribution < -0.4 is 11.1 Å². The van der Waals surface area contributed by atoms with Crippen LogP contribution in [0.3, 0.4) is 0 Å². The Morgan fingerprint density at radius 1 is 1.55 bits per heavy atom. The Morgan fingerprint density at radius 2 is 1.91 bits per heavy atom. The van der Waals surface area contributed by atoms with Crippen molar-refractivity contribution in [3.63, 3.8) is 0 Å². The van der Waals surface area contributed by atoms with E-state index in [1.165, 1.54) is 0 Å². The standard InChI is InChI=1S/C6H14N2O.C2H6/c1-5(7)8-6(2,3)4-9;1-2/h8-9H,1,4,7H2,2-3H3;1-2H3. The van der Waals surface area contributed by atoms with Crippen LogP contribution in [0.2, 0.25) is 0 Å². The van der Waals surface area contributed by atoms with Gasteiger partial charge in [-0.1, -0.05) is 20.4 Å². The number of nitrogens with one attached hydrogen (secondary N) is 1. The van der Waals surface area contributed by atoms with Gasteiger partial charge in [-0.3, -0.25) is 0 Å². The molecule has 68 valence electrons. The lowest BCUT2D eigenvalue weighted by atomic mass is 10.1. The number of aliphatic hydroxyl groups is 1. The first-order valence-electron chi connectivity index (χ1n) is 3.81. The highest BCUT2D eigenvalue weighted by atomic mass is 16.3. The monoisotopic (exact) mass is 160 g/mol. The second-order valence-corrected chi connectivity index (χ2v) is 2.69. The van der Waals surface area contributed by atoms with E-state index in [1.54, 1.807) is 0 Å². The van der Waals surface area contributed by atoms with E-state index in [1.807, 2.05) is 27.7 Å². The zero-order chi connectivity index (χ0) is 9.49. The van der Waals surface area contributed by atoms with Crippen LogP contribution in [0.4, 0.5) is 0 Å². The molecular formula is C8H20N2O. The minimum atomic E-state index is -0.355. The molecule has 0 aliphatic rings. The maximum Gasteiger partial charge on any atom is 0.0890 e. The maximum absolute atomic E-state index is 8.68.